The Morgan fingerprint density at radius 1 is 1.17 bits per heavy atom. The van der Waals surface area contributed by atoms with Gasteiger partial charge in [-0.05, 0) is 66.1 Å². The van der Waals surface area contributed by atoms with Gasteiger partial charge in [0.1, 0.15) is 5.60 Å². The summed E-state index contributed by atoms with van der Waals surface area (Å²) in [5, 5.41) is 3.09. The summed E-state index contributed by atoms with van der Waals surface area (Å²) in [5.41, 5.74) is -0.214. The lowest BCUT2D eigenvalue weighted by Crippen LogP contribution is -2.41. The molecule has 1 fully saturated rings. The van der Waals surface area contributed by atoms with Crippen molar-refractivity contribution in [3.05, 3.63) is 23.2 Å². The first-order valence-electron chi connectivity index (χ1n) is 7.96. The highest BCUT2D eigenvalue weighted by Gasteiger charge is 2.51. The summed E-state index contributed by atoms with van der Waals surface area (Å²) in [4.78, 5) is 12.0. The molecule has 0 radical (unpaired) electrons. The zero-order valence-corrected chi connectivity index (χ0v) is 16.1. The van der Waals surface area contributed by atoms with E-state index in [-0.39, 0.29) is 0 Å². The number of anilines is 1. The first kappa shape index (κ1) is 19.1. The molecular formula is C17H25BClNO4. The lowest BCUT2D eigenvalue weighted by atomic mass is 9.79. The molecule has 1 aliphatic rings. The molecule has 1 aromatic carbocycles. The largest absolute Gasteiger partial charge is 0.494 e. The summed E-state index contributed by atoms with van der Waals surface area (Å²) >= 11 is 6.18. The molecule has 1 heterocycles. The van der Waals surface area contributed by atoms with Gasteiger partial charge >= 0.3 is 13.2 Å². The molecule has 5 nitrogen and oxygen atoms in total. The second-order valence-corrected chi connectivity index (χ2v) is 8.36. The number of amides is 1. The summed E-state index contributed by atoms with van der Waals surface area (Å²) in [6.45, 7) is 13.4. The van der Waals surface area contributed by atoms with E-state index in [4.69, 9.17) is 25.6 Å². The zero-order chi connectivity index (χ0) is 18.3. The number of carbonyl (C=O) groups is 1. The predicted molar refractivity (Wildman–Crippen MR) is 97.0 cm³/mol. The van der Waals surface area contributed by atoms with E-state index in [1.54, 1.807) is 32.9 Å². The zero-order valence-electron chi connectivity index (χ0n) is 15.3. The Kier molecular flexibility index (Phi) is 4.97. The van der Waals surface area contributed by atoms with E-state index in [9.17, 15) is 4.79 Å². The Labute approximate surface area is 149 Å². The van der Waals surface area contributed by atoms with Crippen LogP contribution in [-0.2, 0) is 14.0 Å². The highest BCUT2D eigenvalue weighted by atomic mass is 35.5. The average Bonchev–Trinajstić information content (AvgIpc) is 2.59. The van der Waals surface area contributed by atoms with E-state index in [1.807, 2.05) is 33.8 Å². The molecule has 1 amide bonds. The van der Waals surface area contributed by atoms with Crippen LogP contribution >= 0.6 is 11.6 Å². The van der Waals surface area contributed by atoms with E-state index in [0.29, 0.717) is 10.7 Å². The van der Waals surface area contributed by atoms with Crippen molar-refractivity contribution >= 4 is 36.0 Å². The van der Waals surface area contributed by atoms with Crippen LogP contribution in [0.4, 0.5) is 10.5 Å². The van der Waals surface area contributed by atoms with E-state index in [1.165, 1.54) is 0 Å². The SMILES string of the molecule is CC(C)(C)OC(=O)Nc1cc(B2OC(C)(C)C(C)(C)O2)ccc1Cl. The smallest absolute Gasteiger partial charge is 0.444 e. The molecule has 0 unspecified atom stereocenters. The number of benzene rings is 1. The lowest BCUT2D eigenvalue weighted by molar-refractivity contribution is 0.00578. The van der Waals surface area contributed by atoms with Crippen LogP contribution in [0, 0.1) is 0 Å². The number of halogens is 1. The van der Waals surface area contributed by atoms with Gasteiger partial charge in [0, 0.05) is 0 Å². The van der Waals surface area contributed by atoms with Gasteiger partial charge in [-0.2, -0.15) is 0 Å². The molecule has 7 heteroatoms. The van der Waals surface area contributed by atoms with E-state index >= 15 is 0 Å². The third-order valence-corrected chi connectivity index (χ3v) is 4.48. The quantitative estimate of drug-likeness (QED) is 0.817. The normalized spacial score (nSPS) is 19.2. The van der Waals surface area contributed by atoms with Crippen molar-refractivity contribution in [1.29, 1.82) is 0 Å². The summed E-state index contributed by atoms with van der Waals surface area (Å²) < 4.78 is 17.3. The third kappa shape index (κ3) is 4.24. The fraction of sp³-hybridized carbons (Fsp3) is 0.588. The van der Waals surface area contributed by atoms with Crippen LogP contribution in [0.5, 0.6) is 0 Å². The predicted octanol–water partition coefficient (Wildman–Crippen LogP) is 3.99. The molecule has 1 aromatic rings. The maximum Gasteiger partial charge on any atom is 0.494 e. The maximum absolute atomic E-state index is 12.0. The molecule has 0 spiro atoms. The second-order valence-electron chi connectivity index (χ2n) is 7.95. The maximum atomic E-state index is 12.0. The molecule has 2 rings (SSSR count). The van der Waals surface area contributed by atoms with Crippen LogP contribution in [0.1, 0.15) is 48.5 Å². The average molecular weight is 354 g/mol. The van der Waals surface area contributed by atoms with Gasteiger partial charge in [0.05, 0.1) is 21.9 Å². The monoisotopic (exact) mass is 353 g/mol. The number of hydrogen-bond acceptors (Lipinski definition) is 4. The van der Waals surface area contributed by atoms with Gasteiger partial charge in [-0.25, -0.2) is 4.79 Å². The van der Waals surface area contributed by atoms with Gasteiger partial charge in [-0.15, -0.1) is 0 Å². The lowest BCUT2D eigenvalue weighted by Gasteiger charge is -2.32. The molecular weight excluding hydrogens is 328 g/mol. The van der Waals surface area contributed by atoms with Crippen LogP contribution < -0.4 is 10.8 Å². The Bertz CT molecular complexity index is 624. The molecule has 24 heavy (non-hydrogen) atoms. The summed E-state index contributed by atoms with van der Waals surface area (Å²) in [5.74, 6) is 0. The van der Waals surface area contributed by atoms with Gasteiger partial charge in [-0.1, -0.05) is 17.7 Å². The minimum Gasteiger partial charge on any atom is -0.444 e. The van der Waals surface area contributed by atoms with Crippen molar-refractivity contribution in [3.63, 3.8) is 0 Å². The molecule has 0 aromatic heterocycles. The first-order chi connectivity index (χ1) is 10.8. The topological polar surface area (TPSA) is 56.8 Å². The Morgan fingerprint density at radius 3 is 2.21 bits per heavy atom. The highest BCUT2D eigenvalue weighted by Crippen LogP contribution is 2.36. The molecule has 0 bridgehead atoms. The second kappa shape index (κ2) is 6.25. The minimum atomic E-state index is -0.583. The van der Waals surface area contributed by atoms with Crippen molar-refractivity contribution in [3.8, 4) is 0 Å². The fourth-order valence-electron chi connectivity index (χ4n) is 2.18. The van der Waals surface area contributed by atoms with Crippen molar-refractivity contribution in [2.24, 2.45) is 0 Å². The Balaban J connectivity index is 2.19. The minimum absolute atomic E-state index is 0.418. The van der Waals surface area contributed by atoms with Crippen LogP contribution in [0.25, 0.3) is 0 Å². The Hall–Kier alpha value is -1.24. The van der Waals surface area contributed by atoms with Gasteiger partial charge in [0.15, 0.2) is 0 Å². The van der Waals surface area contributed by atoms with Crippen LogP contribution in [0.15, 0.2) is 18.2 Å². The summed E-state index contributed by atoms with van der Waals surface area (Å²) in [7, 11) is -0.522. The van der Waals surface area contributed by atoms with Gasteiger partial charge in [0.2, 0.25) is 0 Å². The van der Waals surface area contributed by atoms with Crippen LogP contribution in [0.2, 0.25) is 5.02 Å². The number of rotatable bonds is 2. The third-order valence-electron chi connectivity index (χ3n) is 4.15. The summed E-state index contributed by atoms with van der Waals surface area (Å²) in [6.07, 6.45) is -0.560. The van der Waals surface area contributed by atoms with E-state index in [0.717, 1.165) is 5.46 Å². The van der Waals surface area contributed by atoms with Gasteiger partial charge in [-0.3, -0.25) is 5.32 Å². The number of hydrogen-bond donors (Lipinski definition) is 1. The van der Waals surface area contributed by atoms with Crippen molar-refractivity contribution in [1.82, 2.24) is 0 Å². The van der Waals surface area contributed by atoms with Gasteiger partial charge in [0.25, 0.3) is 0 Å². The number of carbonyl (C=O) groups excluding carboxylic acids is 1. The highest BCUT2D eigenvalue weighted by molar-refractivity contribution is 6.62. The molecule has 1 N–H and O–H groups in total. The van der Waals surface area contributed by atoms with Crippen molar-refractivity contribution in [2.75, 3.05) is 5.32 Å². The molecule has 0 atom stereocenters. The molecule has 0 saturated carbocycles. The molecule has 132 valence electrons. The molecule has 1 aliphatic heterocycles. The molecule has 1 saturated heterocycles. The van der Waals surface area contributed by atoms with Gasteiger partial charge < -0.3 is 14.0 Å². The number of ether oxygens (including phenoxy) is 1. The van der Waals surface area contributed by atoms with Crippen LogP contribution in [0.3, 0.4) is 0 Å². The first-order valence-corrected chi connectivity index (χ1v) is 8.34. The fourth-order valence-corrected chi connectivity index (χ4v) is 2.34. The standard InChI is InChI=1S/C17H25BClNO4/c1-15(2,3)22-14(21)20-13-10-11(8-9-12(13)19)18-23-16(4,5)17(6,7)24-18/h8-10H,1-7H3,(H,20,21). The summed E-state index contributed by atoms with van der Waals surface area (Å²) in [6, 6.07) is 5.27. The van der Waals surface area contributed by atoms with Crippen molar-refractivity contribution < 1.29 is 18.8 Å². The van der Waals surface area contributed by atoms with E-state index in [2.05, 4.69) is 5.32 Å². The van der Waals surface area contributed by atoms with Crippen LogP contribution in [-0.4, -0.2) is 30.0 Å². The molecule has 0 aliphatic carbocycles. The number of nitrogens with one attached hydrogen (secondary N) is 1. The Morgan fingerprint density at radius 2 is 1.71 bits per heavy atom. The van der Waals surface area contributed by atoms with Crippen molar-refractivity contribution in [2.45, 2.75) is 65.3 Å². The van der Waals surface area contributed by atoms with E-state index < -0.39 is 30.0 Å².